The van der Waals surface area contributed by atoms with Crippen LogP contribution < -0.4 is 5.73 Å². The summed E-state index contributed by atoms with van der Waals surface area (Å²) in [4.78, 5) is 4.21. The first-order chi connectivity index (χ1) is 9.72. The molecule has 1 fully saturated rings. The average molecular weight is 270 g/mol. The van der Waals surface area contributed by atoms with E-state index >= 15 is 0 Å². The van der Waals surface area contributed by atoms with E-state index in [1.54, 1.807) is 0 Å². The molecule has 106 valence electrons. The molecule has 2 aromatic heterocycles. The molecule has 2 aromatic rings. The summed E-state index contributed by atoms with van der Waals surface area (Å²) in [6, 6.07) is 4.77. The lowest BCUT2D eigenvalue weighted by Crippen LogP contribution is -2.15. The van der Waals surface area contributed by atoms with Crippen molar-refractivity contribution < 1.29 is 0 Å². The van der Waals surface area contributed by atoms with Crippen molar-refractivity contribution in [1.82, 2.24) is 14.8 Å². The molecular weight excluding hydrogens is 248 g/mol. The Hall–Kier alpha value is -1.68. The molecule has 20 heavy (non-hydrogen) atoms. The molecule has 1 atom stereocenters. The molecule has 0 radical (unpaired) electrons. The molecule has 0 spiro atoms. The second-order valence-electron chi connectivity index (χ2n) is 5.83. The van der Waals surface area contributed by atoms with Gasteiger partial charge in [-0.1, -0.05) is 18.9 Å². The molecule has 0 aliphatic heterocycles. The lowest BCUT2D eigenvalue weighted by molar-refractivity contribution is 0.461. The van der Waals surface area contributed by atoms with E-state index in [1.165, 1.54) is 25.7 Å². The summed E-state index contributed by atoms with van der Waals surface area (Å²) in [6.07, 6.45) is 11.8. The standard InChI is InChI=1S/C16H22N4/c1-12-8-13(11-18-10-12)16(17)9-14-6-7-20(19-14)15-4-2-3-5-15/h6-8,10-11,15-16H,2-5,9,17H2,1H3. The van der Waals surface area contributed by atoms with Gasteiger partial charge in [0.2, 0.25) is 0 Å². The van der Waals surface area contributed by atoms with Crippen LogP contribution in [0.1, 0.15) is 54.6 Å². The summed E-state index contributed by atoms with van der Waals surface area (Å²) < 4.78 is 2.13. The van der Waals surface area contributed by atoms with Gasteiger partial charge in [-0.2, -0.15) is 5.10 Å². The zero-order valence-electron chi connectivity index (χ0n) is 12.0. The number of pyridine rings is 1. The predicted molar refractivity (Wildman–Crippen MR) is 79.3 cm³/mol. The van der Waals surface area contributed by atoms with Gasteiger partial charge in [0.05, 0.1) is 11.7 Å². The Balaban J connectivity index is 1.68. The van der Waals surface area contributed by atoms with Crippen LogP contribution in [0.5, 0.6) is 0 Å². The fraction of sp³-hybridized carbons (Fsp3) is 0.500. The molecule has 4 heteroatoms. The maximum absolute atomic E-state index is 6.27. The second kappa shape index (κ2) is 5.75. The summed E-state index contributed by atoms with van der Waals surface area (Å²) in [6.45, 7) is 2.04. The first-order valence-corrected chi connectivity index (χ1v) is 7.43. The van der Waals surface area contributed by atoms with Gasteiger partial charge in [-0.05, 0) is 37.0 Å². The molecule has 0 bridgehead atoms. The number of hydrogen-bond acceptors (Lipinski definition) is 3. The van der Waals surface area contributed by atoms with E-state index in [1.807, 2.05) is 19.3 Å². The van der Waals surface area contributed by atoms with Crippen LogP contribution in [0.4, 0.5) is 0 Å². The van der Waals surface area contributed by atoms with Gasteiger partial charge in [-0.25, -0.2) is 0 Å². The Morgan fingerprint density at radius 2 is 2.15 bits per heavy atom. The maximum atomic E-state index is 6.27. The number of aryl methyl sites for hydroxylation is 1. The van der Waals surface area contributed by atoms with E-state index in [-0.39, 0.29) is 6.04 Å². The number of hydrogen-bond donors (Lipinski definition) is 1. The van der Waals surface area contributed by atoms with Crippen LogP contribution in [0.25, 0.3) is 0 Å². The molecular formula is C16H22N4. The quantitative estimate of drug-likeness (QED) is 0.929. The molecule has 4 nitrogen and oxygen atoms in total. The van der Waals surface area contributed by atoms with Gasteiger partial charge in [-0.15, -0.1) is 0 Å². The van der Waals surface area contributed by atoms with Crippen molar-refractivity contribution in [2.45, 2.75) is 51.1 Å². The maximum Gasteiger partial charge on any atom is 0.0643 e. The van der Waals surface area contributed by atoms with Crippen molar-refractivity contribution in [3.8, 4) is 0 Å². The van der Waals surface area contributed by atoms with Gasteiger partial charge in [-0.3, -0.25) is 9.67 Å². The van der Waals surface area contributed by atoms with Crippen LogP contribution in [0.2, 0.25) is 0 Å². The zero-order chi connectivity index (χ0) is 13.9. The average Bonchev–Trinajstić information content (AvgIpc) is 3.08. The van der Waals surface area contributed by atoms with E-state index < -0.39 is 0 Å². The van der Waals surface area contributed by atoms with Crippen LogP contribution in [0.15, 0.2) is 30.7 Å². The summed E-state index contributed by atoms with van der Waals surface area (Å²) in [5.74, 6) is 0. The number of rotatable bonds is 4. The summed E-state index contributed by atoms with van der Waals surface area (Å²) in [7, 11) is 0. The normalized spacial score (nSPS) is 17.5. The van der Waals surface area contributed by atoms with Crippen molar-refractivity contribution in [1.29, 1.82) is 0 Å². The lowest BCUT2D eigenvalue weighted by Gasteiger charge is -2.11. The van der Waals surface area contributed by atoms with Crippen LogP contribution in [0.3, 0.4) is 0 Å². The fourth-order valence-corrected chi connectivity index (χ4v) is 2.98. The van der Waals surface area contributed by atoms with Crippen molar-refractivity contribution in [2.24, 2.45) is 5.73 Å². The molecule has 1 aliphatic carbocycles. The molecule has 0 saturated heterocycles. The molecule has 1 saturated carbocycles. The smallest absolute Gasteiger partial charge is 0.0643 e. The van der Waals surface area contributed by atoms with Gasteiger partial charge in [0, 0.05) is 31.1 Å². The zero-order valence-corrected chi connectivity index (χ0v) is 12.0. The van der Waals surface area contributed by atoms with Crippen molar-refractivity contribution in [2.75, 3.05) is 0 Å². The van der Waals surface area contributed by atoms with Crippen LogP contribution in [0, 0.1) is 6.92 Å². The third kappa shape index (κ3) is 2.90. The highest BCUT2D eigenvalue weighted by Crippen LogP contribution is 2.29. The highest BCUT2D eigenvalue weighted by atomic mass is 15.3. The monoisotopic (exact) mass is 270 g/mol. The van der Waals surface area contributed by atoms with E-state index in [2.05, 4.69) is 28.0 Å². The fourth-order valence-electron chi connectivity index (χ4n) is 2.98. The van der Waals surface area contributed by atoms with E-state index in [0.717, 1.165) is 23.2 Å². The summed E-state index contributed by atoms with van der Waals surface area (Å²) in [5, 5.41) is 4.70. The van der Waals surface area contributed by atoms with Crippen LogP contribution in [-0.4, -0.2) is 14.8 Å². The van der Waals surface area contributed by atoms with Crippen LogP contribution in [-0.2, 0) is 6.42 Å². The van der Waals surface area contributed by atoms with Crippen molar-refractivity contribution >= 4 is 0 Å². The minimum atomic E-state index is -0.0330. The SMILES string of the molecule is Cc1cncc(C(N)Cc2ccn(C3CCCC3)n2)c1. The Labute approximate surface area is 120 Å². The van der Waals surface area contributed by atoms with Crippen molar-refractivity contribution in [3.05, 3.63) is 47.5 Å². The minimum Gasteiger partial charge on any atom is -0.324 e. The Morgan fingerprint density at radius 3 is 2.90 bits per heavy atom. The first-order valence-electron chi connectivity index (χ1n) is 7.43. The molecule has 3 rings (SSSR count). The van der Waals surface area contributed by atoms with E-state index in [4.69, 9.17) is 10.8 Å². The van der Waals surface area contributed by atoms with Gasteiger partial charge in [0.25, 0.3) is 0 Å². The van der Waals surface area contributed by atoms with E-state index in [9.17, 15) is 0 Å². The second-order valence-corrected chi connectivity index (χ2v) is 5.83. The van der Waals surface area contributed by atoms with Gasteiger partial charge < -0.3 is 5.73 Å². The van der Waals surface area contributed by atoms with Gasteiger partial charge in [0.1, 0.15) is 0 Å². The Bertz CT molecular complexity index is 569. The molecule has 1 unspecified atom stereocenters. The summed E-state index contributed by atoms with van der Waals surface area (Å²) >= 11 is 0. The third-order valence-corrected chi connectivity index (χ3v) is 4.12. The third-order valence-electron chi connectivity index (χ3n) is 4.12. The molecule has 2 N–H and O–H groups in total. The number of aromatic nitrogens is 3. The highest BCUT2D eigenvalue weighted by molar-refractivity contribution is 5.21. The van der Waals surface area contributed by atoms with E-state index in [0.29, 0.717) is 6.04 Å². The summed E-state index contributed by atoms with van der Waals surface area (Å²) in [5.41, 5.74) is 9.58. The predicted octanol–water partition coefficient (Wildman–Crippen LogP) is 2.94. The first kappa shape index (κ1) is 13.3. The Kier molecular flexibility index (Phi) is 3.83. The molecule has 1 aliphatic rings. The van der Waals surface area contributed by atoms with Crippen molar-refractivity contribution in [3.63, 3.8) is 0 Å². The molecule has 2 heterocycles. The van der Waals surface area contributed by atoms with Gasteiger partial charge in [0.15, 0.2) is 0 Å². The lowest BCUT2D eigenvalue weighted by atomic mass is 10.0. The molecule has 0 aromatic carbocycles. The number of nitrogens with zero attached hydrogens (tertiary/aromatic N) is 3. The topological polar surface area (TPSA) is 56.7 Å². The molecule has 0 amide bonds. The van der Waals surface area contributed by atoms with Crippen LogP contribution >= 0.6 is 0 Å². The minimum absolute atomic E-state index is 0.0330. The number of nitrogens with two attached hydrogens (primary N) is 1. The highest BCUT2D eigenvalue weighted by Gasteiger charge is 2.18. The largest absolute Gasteiger partial charge is 0.324 e. The Morgan fingerprint density at radius 1 is 1.35 bits per heavy atom. The van der Waals surface area contributed by atoms with Gasteiger partial charge >= 0.3 is 0 Å².